The van der Waals surface area contributed by atoms with Crippen LogP contribution in [0.3, 0.4) is 0 Å². The first-order valence-electron chi connectivity index (χ1n) is 6.56. The summed E-state index contributed by atoms with van der Waals surface area (Å²) in [5, 5.41) is 0. The quantitative estimate of drug-likeness (QED) is 0.684. The molecule has 104 valence electrons. The molecule has 2 nitrogen and oxygen atoms in total. The van der Waals surface area contributed by atoms with Gasteiger partial charge in [-0.2, -0.15) is 0 Å². The number of ether oxygens (including phenoxy) is 1. The molecule has 2 aromatic carbocycles. The van der Waals surface area contributed by atoms with Crippen molar-refractivity contribution in [3.05, 3.63) is 58.1 Å². The standard InChI is InChI=1S/C17H17BrO2/c1-11(2)14-6-4-5-7-16(14)20-17-10-13(18)8-9-15(17)12(3)19/h4-11H,1-3H3. The Hall–Kier alpha value is -1.61. The van der Waals surface area contributed by atoms with Gasteiger partial charge in [-0.3, -0.25) is 4.79 Å². The lowest BCUT2D eigenvalue weighted by Gasteiger charge is -2.15. The fourth-order valence-electron chi connectivity index (χ4n) is 2.04. The highest BCUT2D eigenvalue weighted by atomic mass is 79.9. The Morgan fingerprint density at radius 3 is 2.45 bits per heavy atom. The van der Waals surface area contributed by atoms with E-state index in [0.717, 1.165) is 15.8 Å². The summed E-state index contributed by atoms with van der Waals surface area (Å²) in [6, 6.07) is 13.4. The maximum atomic E-state index is 11.7. The zero-order valence-corrected chi connectivity index (χ0v) is 13.4. The van der Waals surface area contributed by atoms with Gasteiger partial charge in [0.05, 0.1) is 5.56 Å². The number of halogens is 1. The van der Waals surface area contributed by atoms with Gasteiger partial charge < -0.3 is 4.74 Å². The second-order valence-corrected chi connectivity index (χ2v) is 5.91. The molecule has 0 aromatic heterocycles. The smallest absolute Gasteiger partial charge is 0.163 e. The number of carbonyl (C=O) groups is 1. The van der Waals surface area contributed by atoms with Crippen molar-refractivity contribution in [2.24, 2.45) is 0 Å². The van der Waals surface area contributed by atoms with Gasteiger partial charge in [-0.15, -0.1) is 0 Å². The Bertz CT molecular complexity index is 633. The summed E-state index contributed by atoms with van der Waals surface area (Å²) in [5.41, 5.74) is 1.72. The first-order valence-corrected chi connectivity index (χ1v) is 7.35. The summed E-state index contributed by atoms with van der Waals surface area (Å²) in [6.45, 7) is 5.79. The van der Waals surface area contributed by atoms with Crippen LogP contribution in [0.15, 0.2) is 46.9 Å². The van der Waals surface area contributed by atoms with Crippen molar-refractivity contribution < 1.29 is 9.53 Å². The molecule has 0 atom stereocenters. The van der Waals surface area contributed by atoms with Gasteiger partial charge >= 0.3 is 0 Å². The van der Waals surface area contributed by atoms with Gasteiger partial charge in [-0.05, 0) is 42.7 Å². The van der Waals surface area contributed by atoms with Gasteiger partial charge in [0.1, 0.15) is 11.5 Å². The van der Waals surface area contributed by atoms with E-state index in [4.69, 9.17) is 4.74 Å². The van der Waals surface area contributed by atoms with E-state index in [0.29, 0.717) is 17.2 Å². The molecular formula is C17H17BrO2. The summed E-state index contributed by atoms with van der Waals surface area (Å²) in [4.78, 5) is 11.7. The highest BCUT2D eigenvalue weighted by molar-refractivity contribution is 9.10. The fourth-order valence-corrected chi connectivity index (χ4v) is 2.38. The Labute approximate surface area is 127 Å². The van der Waals surface area contributed by atoms with Crippen LogP contribution < -0.4 is 4.74 Å². The van der Waals surface area contributed by atoms with Crippen molar-refractivity contribution in [1.29, 1.82) is 0 Å². The van der Waals surface area contributed by atoms with Crippen molar-refractivity contribution in [1.82, 2.24) is 0 Å². The predicted octanol–water partition coefficient (Wildman–Crippen LogP) is 5.57. The van der Waals surface area contributed by atoms with E-state index in [2.05, 4.69) is 29.8 Å². The van der Waals surface area contributed by atoms with Crippen LogP contribution in [0.1, 0.15) is 42.6 Å². The minimum atomic E-state index is -0.00507. The summed E-state index contributed by atoms with van der Waals surface area (Å²) in [6.07, 6.45) is 0. The number of hydrogen-bond acceptors (Lipinski definition) is 2. The molecule has 0 heterocycles. The molecular weight excluding hydrogens is 316 g/mol. The highest BCUT2D eigenvalue weighted by Crippen LogP contribution is 2.33. The van der Waals surface area contributed by atoms with Crippen LogP contribution in [0.25, 0.3) is 0 Å². The number of hydrogen-bond donors (Lipinski definition) is 0. The summed E-state index contributed by atoms with van der Waals surface area (Å²) in [5.74, 6) is 1.73. The van der Waals surface area contributed by atoms with Crippen LogP contribution >= 0.6 is 15.9 Å². The average molecular weight is 333 g/mol. The molecule has 20 heavy (non-hydrogen) atoms. The minimum absolute atomic E-state index is 0.00507. The van der Waals surface area contributed by atoms with Crippen LogP contribution in [0, 0.1) is 0 Å². The summed E-state index contributed by atoms with van der Waals surface area (Å²) >= 11 is 3.41. The van der Waals surface area contributed by atoms with Gasteiger partial charge in [0, 0.05) is 4.47 Å². The molecule has 0 N–H and O–H groups in total. The van der Waals surface area contributed by atoms with E-state index in [1.165, 1.54) is 0 Å². The van der Waals surface area contributed by atoms with Crippen LogP contribution in [0.2, 0.25) is 0 Å². The van der Waals surface area contributed by atoms with E-state index in [1.54, 1.807) is 13.0 Å². The maximum Gasteiger partial charge on any atom is 0.163 e. The van der Waals surface area contributed by atoms with E-state index in [9.17, 15) is 4.79 Å². The summed E-state index contributed by atoms with van der Waals surface area (Å²) in [7, 11) is 0. The molecule has 0 aliphatic carbocycles. The van der Waals surface area contributed by atoms with Gasteiger partial charge in [0.2, 0.25) is 0 Å². The lowest BCUT2D eigenvalue weighted by atomic mass is 10.0. The second kappa shape index (κ2) is 6.23. The Morgan fingerprint density at radius 2 is 1.80 bits per heavy atom. The maximum absolute atomic E-state index is 11.7. The molecule has 2 aromatic rings. The largest absolute Gasteiger partial charge is 0.456 e. The molecule has 0 saturated heterocycles. The van der Waals surface area contributed by atoms with Crippen molar-refractivity contribution in [3.8, 4) is 11.5 Å². The van der Waals surface area contributed by atoms with Crippen LogP contribution in [-0.4, -0.2) is 5.78 Å². The Morgan fingerprint density at radius 1 is 1.10 bits per heavy atom. The first kappa shape index (κ1) is 14.8. The SMILES string of the molecule is CC(=O)c1ccc(Br)cc1Oc1ccccc1C(C)C. The normalized spacial score (nSPS) is 10.7. The number of Topliss-reactive ketones (excluding diaryl/α,β-unsaturated/α-hetero) is 1. The Balaban J connectivity index is 2.45. The highest BCUT2D eigenvalue weighted by Gasteiger charge is 2.13. The lowest BCUT2D eigenvalue weighted by Crippen LogP contribution is -1.99. The molecule has 0 fully saturated rings. The molecule has 0 saturated carbocycles. The Kier molecular flexibility index (Phi) is 4.61. The van der Waals surface area contributed by atoms with E-state index < -0.39 is 0 Å². The van der Waals surface area contributed by atoms with Gasteiger partial charge in [0.25, 0.3) is 0 Å². The van der Waals surface area contributed by atoms with Crippen molar-refractivity contribution in [3.63, 3.8) is 0 Å². The topological polar surface area (TPSA) is 26.3 Å². The van der Waals surface area contributed by atoms with Crippen LogP contribution in [-0.2, 0) is 0 Å². The first-order chi connectivity index (χ1) is 9.49. The monoisotopic (exact) mass is 332 g/mol. The molecule has 0 bridgehead atoms. The van der Waals surface area contributed by atoms with E-state index >= 15 is 0 Å². The molecule has 0 radical (unpaired) electrons. The lowest BCUT2D eigenvalue weighted by molar-refractivity contribution is 0.101. The van der Waals surface area contributed by atoms with Crippen molar-refractivity contribution >= 4 is 21.7 Å². The molecule has 2 rings (SSSR count). The number of ketones is 1. The third kappa shape index (κ3) is 3.28. The van der Waals surface area contributed by atoms with Gasteiger partial charge in [-0.25, -0.2) is 0 Å². The number of para-hydroxylation sites is 1. The summed E-state index contributed by atoms with van der Waals surface area (Å²) < 4.78 is 6.88. The molecule has 0 amide bonds. The van der Waals surface area contributed by atoms with Gasteiger partial charge in [-0.1, -0.05) is 48.0 Å². The minimum Gasteiger partial charge on any atom is -0.456 e. The number of carbonyl (C=O) groups excluding carboxylic acids is 1. The zero-order chi connectivity index (χ0) is 14.7. The molecule has 3 heteroatoms. The average Bonchev–Trinajstić information content (AvgIpc) is 2.38. The second-order valence-electron chi connectivity index (χ2n) is 4.99. The zero-order valence-electron chi connectivity index (χ0n) is 11.8. The van der Waals surface area contributed by atoms with Crippen LogP contribution in [0.4, 0.5) is 0 Å². The van der Waals surface area contributed by atoms with E-state index in [1.807, 2.05) is 36.4 Å². The third-order valence-corrected chi connectivity index (χ3v) is 3.58. The predicted molar refractivity (Wildman–Crippen MR) is 84.8 cm³/mol. The van der Waals surface area contributed by atoms with E-state index in [-0.39, 0.29) is 5.78 Å². The van der Waals surface area contributed by atoms with Gasteiger partial charge in [0.15, 0.2) is 5.78 Å². The molecule has 0 aliphatic rings. The molecule has 0 spiro atoms. The van der Waals surface area contributed by atoms with Crippen molar-refractivity contribution in [2.45, 2.75) is 26.7 Å². The van der Waals surface area contributed by atoms with Crippen molar-refractivity contribution in [2.75, 3.05) is 0 Å². The number of benzene rings is 2. The van der Waals surface area contributed by atoms with Crippen LogP contribution in [0.5, 0.6) is 11.5 Å². The number of rotatable bonds is 4. The fraction of sp³-hybridized carbons (Fsp3) is 0.235. The third-order valence-electron chi connectivity index (χ3n) is 3.08. The molecule has 0 unspecified atom stereocenters. The molecule has 0 aliphatic heterocycles.